The van der Waals surface area contributed by atoms with Crippen LogP contribution in [0.1, 0.15) is 60.9 Å². The maximum Gasteiger partial charge on any atom is 0.330 e. The second-order valence-electron chi connectivity index (χ2n) is 10.7. The number of aliphatic carboxylic acids is 1. The van der Waals surface area contributed by atoms with Crippen LogP contribution in [0.25, 0.3) is 22.2 Å². The molecule has 1 aliphatic carbocycles. The Labute approximate surface area is 212 Å². The van der Waals surface area contributed by atoms with Gasteiger partial charge in [0.2, 0.25) is 0 Å². The SMILES string of the molecule is CN(C)CC(C)(NC(=O)c1ccc2c(C3CCCCC3)c3n(c2c1)CCOc1ccccc1-3)C(=O)O. The van der Waals surface area contributed by atoms with Crippen molar-refractivity contribution in [2.75, 3.05) is 27.2 Å². The highest BCUT2D eigenvalue weighted by Crippen LogP contribution is 2.47. The van der Waals surface area contributed by atoms with E-state index < -0.39 is 11.5 Å². The highest BCUT2D eigenvalue weighted by Gasteiger charge is 2.36. The van der Waals surface area contributed by atoms with Crippen LogP contribution in [-0.4, -0.2) is 59.2 Å². The van der Waals surface area contributed by atoms with Gasteiger partial charge in [-0.2, -0.15) is 0 Å². The van der Waals surface area contributed by atoms with Crippen molar-refractivity contribution < 1.29 is 19.4 Å². The van der Waals surface area contributed by atoms with E-state index >= 15 is 0 Å². The third-order valence-corrected chi connectivity index (χ3v) is 7.59. The molecule has 3 aromatic rings. The number of carboxylic acid groups (broad SMARTS) is 1. The highest BCUT2D eigenvalue weighted by atomic mass is 16.5. The lowest BCUT2D eigenvalue weighted by Gasteiger charge is -2.29. The monoisotopic (exact) mass is 489 g/mol. The highest BCUT2D eigenvalue weighted by molar-refractivity contribution is 6.02. The lowest BCUT2D eigenvalue weighted by molar-refractivity contribution is -0.144. The number of ether oxygens (including phenoxy) is 1. The summed E-state index contributed by atoms with van der Waals surface area (Å²) in [5.41, 5.74) is 3.72. The van der Waals surface area contributed by atoms with E-state index in [4.69, 9.17) is 4.74 Å². The van der Waals surface area contributed by atoms with Crippen molar-refractivity contribution >= 4 is 22.8 Å². The molecule has 0 bridgehead atoms. The molecule has 1 unspecified atom stereocenters. The zero-order valence-electron chi connectivity index (χ0n) is 21.3. The van der Waals surface area contributed by atoms with E-state index in [-0.39, 0.29) is 12.5 Å². The zero-order chi connectivity index (χ0) is 25.4. The number of carboxylic acids is 1. The van der Waals surface area contributed by atoms with E-state index in [1.807, 2.05) is 24.3 Å². The molecule has 2 N–H and O–H groups in total. The standard InChI is InChI=1S/C29H35N3O4/c1-29(28(34)35,18-31(2)3)30-27(33)20-13-14-21-23(17-20)32-15-16-36-24-12-8-7-11-22(24)26(32)25(21)19-9-5-4-6-10-19/h7-8,11-14,17,19H,4-6,9-10,15-16,18H2,1-3H3,(H,30,33)(H,34,35). The molecule has 0 spiro atoms. The quantitative estimate of drug-likeness (QED) is 0.516. The number of para-hydroxylation sites is 1. The lowest BCUT2D eigenvalue weighted by atomic mass is 9.81. The molecule has 36 heavy (non-hydrogen) atoms. The predicted octanol–water partition coefficient (Wildman–Crippen LogP) is 4.88. The van der Waals surface area contributed by atoms with Gasteiger partial charge in [-0.05, 0) is 69.6 Å². The van der Waals surface area contributed by atoms with Crippen molar-refractivity contribution in [1.29, 1.82) is 0 Å². The number of hydrogen-bond acceptors (Lipinski definition) is 4. The number of benzene rings is 2. The van der Waals surface area contributed by atoms with E-state index in [9.17, 15) is 14.7 Å². The maximum absolute atomic E-state index is 13.3. The number of amides is 1. The summed E-state index contributed by atoms with van der Waals surface area (Å²) in [6, 6.07) is 14.0. The first kappa shape index (κ1) is 24.4. The number of carbonyl (C=O) groups excluding carboxylic acids is 1. The molecule has 190 valence electrons. The van der Waals surface area contributed by atoms with Crippen LogP contribution in [-0.2, 0) is 11.3 Å². The molecule has 1 aromatic heterocycles. The van der Waals surface area contributed by atoms with Crippen LogP contribution in [0.5, 0.6) is 5.75 Å². The van der Waals surface area contributed by atoms with Crippen molar-refractivity contribution in [3.8, 4) is 17.0 Å². The Kier molecular flexibility index (Phi) is 6.51. The molecule has 0 saturated heterocycles. The van der Waals surface area contributed by atoms with Gasteiger partial charge >= 0.3 is 5.97 Å². The Hall–Kier alpha value is -3.32. The van der Waals surface area contributed by atoms with Crippen LogP contribution >= 0.6 is 0 Å². The topological polar surface area (TPSA) is 83.8 Å². The minimum Gasteiger partial charge on any atom is -0.491 e. The Morgan fingerprint density at radius 1 is 1.14 bits per heavy atom. The predicted molar refractivity (Wildman–Crippen MR) is 141 cm³/mol. The Balaban J connectivity index is 1.63. The first-order valence-corrected chi connectivity index (χ1v) is 12.9. The molecule has 5 rings (SSSR count). The number of aromatic nitrogens is 1. The summed E-state index contributed by atoms with van der Waals surface area (Å²) in [4.78, 5) is 27.1. The minimum atomic E-state index is -1.40. The van der Waals surface area contributed by atoms with Gasteiger partial charge in [0.1, 0.15) is 17.9 Å². The molecule has 1 saturated carbocycles. The van der Waals surface area contributed by atoms with Crippen LogP contribution in [0, 0.1) is 0 Å². The van der Waals surface area contributed by atoms with E-state index in [1.165, 1.54) is 48.7 Å². The molecular weight excluding hydrogens is 454 g/mol. The average Bonchev–Trinajstić information content (AvgIpc) is 3.05. The number of rotatable bonds is 6. The molecule has 1 aliphatic heterocycles. The molecule has 7 nitrogen and oxygen atoms in total. The normalized spacial score (nSPS) is 17.6. The number of likely N-dealkylation sites (N-methyl/N-ethyl adjacent to an activating group) is 1. The average molecular weight is 490 g/mol. The van der Waals surface area contributed by atoms with Crippen molar-refractivity contribution in [2.24, 2.45) is 0 Å². The van der Waals surface area contributed by atoms with Gasteiger partial charge in [-0.3, -0.25) is 4.79 Å². The van der Waals surface area contributed by atoms with Crippen LogP contribution in [0.4, 0.5) is 0 Å². The molecule has 7 heteroatoms. The van der Waals surface area contributed by atoms with E-state index in [0.717, 1.165) is 16.8 Å². The van der Waals surface area contributed by atoms with Gasteiger partial charge in [0.05, 0.1) is 12.2 Å². The first-order valence-electron chi connectivity index (χ1n) is 12.9. The summed E-state index contributed by atoms with van der Waals surface area (Å²) in [6.07, 6.45) is 6.08. The van der Waals surface area contributed by atoms with Crippen LogP contribution < -0.4 is 10.1 Å². The number of nitrogens with zero attached hydrogens (tertiary/aromatic N) is 2. The van der Waals surface area contributed by atoms with Gasteiger partial charge < -0.3 is 24.6 Å². The fourth-order valence-electron chi connectivity index (χ4n) is 6.00. The van der Waals surface area contributed by atoms with Gasteiger partial charge in [0, 0.05) is 28.6 Å². The van der Waals surface area contributed by atoms with Gasteiger partial charge in [-0.25, -0.2) is 4.79 Å². The fraction of sp³-hybridized carbons (Fsp3) is 0.448. The largest absolute Gasteiger partial charge is 0.491 e. The van der Waals surface area contributed by atoms with Gasteiger partial charge in [-0.15, -0.1) is 0 Å². The molecule has 1 amide bonds. The fourth-order valence-corrected chi connectivity index (χ4v) is 6.00. The third-order valence-electron chi connectivity index (χ3n) is 7.59. The van der Waals surface area contributed by atoms with Crippen LogP contribution in [0.3, 0.4) is 0 Å². The molecular formula is C29H35N3O4. The van der Waals surface area contributed by atoms with Gasteiger partial charge in [0.25, 0.3) is 5.91 Å². The molecule has 2 aliphatic rings. The molecule has 1 fully saturated rings. The molecule has 0 radical (unpaired) electrons. The smallest absolute Gasteiger partial charge is 0.330 e. The third kappa shape index (κ3) is 4.37. The number of carbonyl (C=O) groups is 2. The number of nitrogens with one attached hydrogen (secondary N) is 1. The second kappa shape index (κ2) is 9.62. The minimum absolute atomic E-state index is 0.191. The van der Waals surface area contributed by atoms with Crippen molar-refractivity contribution in [3.05, 3.63) is 53.6 Å². The van der Waals surface area contributed by atoms with Crippen molar-refractivity contribution in [1.82, 2.24) is 14.8 Å². The number of fused-ring (bicyclic) bond motifs is 5. The summed E-state index contributed by atoms with van der Waals surface area (Å²) >= 11 is 0. The van der Waals surface area contributed by atoms with Crippen molar-refractivity contribution in [2.45, 2.75) is 57.0 Å². The molecule has 2 aromatic carbocycles. The summed E-state index contributed by atoms with van der Waals surface area (Å²) < 4.78 is 8.42. The molecule has 2 heterocycles. The summed E-state index contributed by atoms with van der Waals surface area (Å²) in [7, 11) is 3.59. The van der Waals surface area contributed by atoms with E-state index in [0.29, 0.717) is 24.6 Å². The van der Waals surface area contributed by atoms with E-state index in [2.05, 4.69) is 28.1 Å². The van der Waals surface area contributed by atoms with E-state index in [1.54, 1.807) is 25.9 Å². The van der Waals surface area contributed by atoms with Crippen molar-refractivity contribution in [3.63, 3.8) is 0 Å². The van der Waals surface area contributed by atoms with Crippen LogP contribution in [0.2, 0.25) is 0 Å². The second-order valence-corrected chi connectivity index (χ2v) is 10.7. The Morgan fingerprint density at radius 2 is 1.89 bits per heavy atom. The Morgan fingerprint density at radius 3 is 2.61 bits per heavy atom. The number of hydrogen-bond donors (Lipinski definition) is 2. The maximum atomic E-state index is 13.3. The van der Waals surface area contributed by atoms with Crippen LogP contribution in [0.15, 0.2) is 42.5 Å². The summed E-state index contributed by atoms with van der Waals surface area (Å²) in [6.45, 7) is 2.97. The Bertz CT molecular complexity index is 1310. The van der Waals surface area contributed by atoms with Gasteiger partial charge in [-0.1, -0.05) is 37.5 Å². The zero-order valence-corrected chi connectivity index (χ0v) is 21.3. The summed E-state index contributed by atoms with van der Waals surface area (Å²) in [5.74, 6) is -0.0760. The summed E-state index contributed by atoms with van der Waals surface area (Å²) in [5, 5.41) is 13.8. The molecule has 1 atom stereocenters. The lowest BCUT2D eigenvalue weighted by Crippen LogP contribution is -2.57. The first-order chi connectivity index (χ1) is 17.3. The van der Waals surface area contributed by atoms with Gasteiger partial charge in [0.15, 0.2) is 0 Å².